The van der Waals surface area contributed by atoms with E-state index in [1.165, 1.54) is 12.4 Å². The normalized spacial score (nSPS) is 16.7. The molecule has 1 aromatic rings. The van der Waals surface area contributed by atoms with Crippen LogP contribution in [0.25, 0.3) is 0 Å². The minimum Gasteiger partial charge on any atom is -0.468 e. The molecule has 0 spiro atoms. The van der Waals surface area contributed by atoms with Crippen molar-refractivity contribution < 1.29 is 14.6 Å². The maximum absolute atomic E-state index is 8.78. The van der Waals surface area contributed by atoms with Crippen molar-refractivity contribution in [3.8, 4) is 5.88 Å². The predicted octanol–water partition coefficient (Wildman–Crippen LogP) is -0.254. The predicted molar refractivity (Wildman–Crippen MR) is 43.2 cm³/mol. The van der Waals surface area contributed by atoms with E-state index in [9.17, 15) is 0 Å². The van der Waals surface area contributed by atoms with Crippen LogP contribution >= 0.6 is 0 Å². The number of hydrogen-bond acceptors (Lipinski definition) is 5. The molecule has 1 fully saturated rings. The number of rotatable bonds is 3. The van der Waals surface area contributed by atoms with Gasteiger partial charge in [0.1, 0.15) is 6.10 Å². The summed E-state index contributed by atoms with van der Waals surface area (Å²) in [5.74, 6) is 0.444. The van der Waals surface area contributed by atoms with Crippen LogP contribution in [-0.2, 0) is 11.3 Å². The molecule has 0 bridgehead atoms. The van der Waals surface area contributed by atoms with E-state index in [2.05, 4.69) is 9.97 Å². The number of ether oxygens (including phenoxy) is 2. The van der Waals surface area contributed by atoms with Crippen molar-refractivity contribution in [2.24, 2.45) is 0 Å². The zero-order chi connectivity index (χ0) is 9.10. The van der Waals surface area contributed by atoms with Crippen molar-refractivity contribution in [1.29, 1.82) is 0 Å². The number of aromatic nitrogens is 2. The van der Waals surface area contributed by atoms with E-state index in [4.69, 9.17) is 14.6 Å². The molecule has 0 atom stereocenters. The number of hydrogen-bond donors (Lipinski definition) is 1. The van der Waals surface area contributed by atoms with E-state index in [1.54, 1.807) is 0 Å². The Morgan fingerprint density at radius 1 is 1.54 bits per heavy atom. The molecule has 5 heteroatoms. The molecule has 1 aromatic heterocycles. The van der Waals surface area contributed by atoms with Crippen LogP contribution in [0.4, 0.5) is 0 Å². The Morgan fingerprint density at radius 3 is 3.00 bits per heavy atom. The summed E-state index contributed by atoms with van der Waals surface area (Å²) in [7, 11) is 0. The Morgan fingerprint density at radius 2 is 2.38 bits per heavy atom. The summed E-state index contributed by atoms with van der Waals surface area (Å²) >= 11 is 0. The van der Waals surface area contributed by atoms with E-state index in [-0.39, 0.29) is 12.7 Å². The van der Waals surface area contributed by atoms with Crippen LogP contribution in [0.5, 0.6) is 5.88 Å². The van der Waals surface area contributed by atoms with Gasteiger partial charge in [0.25, 0.3) is 0 Å². The third-order valence-corrected chi connectivity index (χ3v) is 1.72. The van der Waals surface area contributed by atoms with Crippen molar-refractivity contribution >= 4 is 0 Å². The monoisotopic (exact) mass is 182 g/mol. The quantitative estimate of drug-likeness (QED) is 0.698. The van der Waals surface area contributed by atoms with Crippen LogP contribution in [0.15, 0.2) is 12.4 Å². The lowest BCUT2D eigenvalue weighted by molar-refractivity contribution is -0.0815. The molecule has 0 saturated carbocycles. The maximum atomic E-state index is 8.78. The van der Waals surface area contributed by atoms with Crippen LogP contribution in [0.1, 0.15) is 5.69 Å². The third kappa shape index (κ3) is 1.93. The zero-order valence-electron chi connectivity index (χ0n) is 7.01. The van der Waals surface area contributed by atoms with Crippen molar-refractivity contribution in [3.63, 3.8) is 0 Å². The SMILES string of the molecule is OCc1cncc(OC2COC2)n1. The summed E-state index contributed by atoms with van der Waals surface area (Å²) < 4.78 is 10.3. The molecule has 2 heterocycles. The topological polar surface area (TPSA) is 64.5 Å². The highest BCUT2D eigenvalue weighted by Crippen LogP contribution is 2.12. The summed E-state index contributed by atoms with van der Waals surface area (Å²) in [5.41, 5.74) is 0.512. The van der Waals surface area contributed by atoms with E-state index < -0.39 is 0 Å². The summed E-state index contributed by atoms with van der Waals surface area (Å²) in [5, 5.41) is 8.78. The Kier molecular flexibility index (Phi) is 2.37. The van der Waals surface area contributed by atoms with Gasteiger partial charge in [-0.1, -0.05) is 0 Å². The van der Waals surface area contributed by atoms with Gasteiger partial charge in [0.05, 0.1) is 37.9 Å². The molecule has 0 amide bonds. The van der Waals surface area contributed by atoms with Crippen LogP contribution in [0.2, 0.25) is 0 Å². The molecule has 1 aliphatic rings. The maximum Gasteiger partial charge on any atom is 0.233 e. The number of aliphatic hydroxyl groups is 1. The standard InChI is InChI=1S/C8H10N2O3/c11-3-6-1-9-2-8(10-6)13-7-4-12-5-7/h1-2,7,11H,3-5H2. The van der Waals surface area contributed by atoms with Gasteiger partial charge in [-0.15, -0.1) is 0 Å². The molecule has 1 aliphatic heterocycles. The Balaban J connectivity index is 2.01. The lowest BCUT2D eigenvalue weighted by atomic mass is 10.3. The first-order chi connectivity index (χ1) is 6.38. The minimum absolute atomic E-state index is 0.0863. The molecule has 1 saturated heterocycles. The molecule has 70 valence electrons. The van der Waals surface area contributed by atoms with E-state index in [1.807, 2.05) is 0 Å². The fraction of sp³-hybridized carbons (Fsp3) is 0.500. The van der Waals surface area contributed by atoms with Gasteiger partial charge in [0, 0.05) is 0 Å². The molecule has 0 unspecified atom stereocenters. The van der Waals surface area contributed by atoms with Gasteiger partial charge in [-0.2, -0.15) is 0 Å². The molecule has 2 rings (SSSR count). The second-order valence-corrected chi connectivity index (χ2v) is 2.78. The minimum atomic E-state index is -0.120. The fourth-order valence-corrected chi connectivity index (χ4v) is 0.972. The molecular formula is C8H10N2O3. The lowest BCUT2D eigenvalue weighted by Gasteiger charge is -2.25. The van der Waals surface area contributed by atoms with Gasteiger partial charge in [-0.25, -0.2) is 4.98 Å². The lowest BCUT2D eigenvalue weighted by Crippen LogP contribution is -2.38. The molecular weight excluding hydrogens is 172 g/mol. The third-order valence-electron chi connectivity index (χ3n) is 1.72. The van der Waals surface area contributed by atoms with Gasteiger partial charge in [0.2, 0.25) is 5.88 Å². The highest BCUT2D eigenvalue weighted by Gasteiger charge is 2.20. The first-order valence-electron chi connectivity index (χ1n) is 4.04. The first-order valence-corrected chi connectivity index (χ1v) is 4.04. The molecule has 1 N–H and O–H groups in total. The summed E-state index contributed by atoms with van der Waals surface area (Å²) in [6, 6.07) is 0. The average Bonchev–Trinajstić information content (AvgIpc) is 2.12. The molecule has 0 aromatic carbocycles. The van der Waals surface area contributed by atoms with Crippen molar-refractivity contribution in [3.05, 3.63) is 18.1 Å². The highest BCUT2D eigenvalue weighted by atomic mass is 16.6. The van der Waals surface area contributed by atoms with E-state index in [0.717, 1.165) is 0 Å². The smallest absolute Gasteiger partial charge is 0.233 e. The summed E-state index contributed by atoms with van der Waals surface area (Å²) in [4.78, 5) is 7.90. The molecule has 13 heavy (non-hydrogen) atoms. The van der Waals surface area contributed by atoms with Gasteiger partial charge >= 0.3 is 0 Å². The van der Waals surface area contributed by atoms with Gasteiger partial charge < -0.3 is 14.6 Å². The van der Waals surface area contributed by atoms with Crippen LogP contribution < -0.4 is 4.74 Å². The van der Waals surface area contributed by atoms with E-state index in [0.29, 0.717) is 24.8 Å². The van der Waals surface area contributed by atoms with Crippen LogP contribution in [-0.4, -0.2) is 34.4 Å². The van der Waals surface area contributed by atoms with Gasteiger partial charge in [-0.05, 0) is 0 Å². The average molecular weight is 182 g/mol. The summed E-state index contributed by atoms with van der Waals surface area (Å²) in [6.45, 7) is 1.08. The van der Waals surface area contributed by atoms with Crippen LogP contribution in [0.3, 0.4) is 0 Å². The Hall–Kier alpha value is -1.20. The second-order valence-electron chi connectivity index (χ2n) is 2.78. The number of aliphatic hydroxyl groups excluding tert-OH is 1. The second kappa shape index (κ2) is 3.68. The number of nitrogens with zero attached hydrogens (tertiary/aromatic N) is 2. The Bertz CT molecular complexity index is 288. The van der Waals surface area contributed by atoms with Crippen molar-refractivity contribution in [1.82, 2.24) is 9.97 Å². The van der Waals surface area contributed by atoms with Crippen LogP contribution in [0, 0.1) is 0 Å². The van der Waals surface area contributed by atoms with Crippen molar-refractivity contribution in [2.75, 3.05) is 13.2 Å². The Labute approximate surface area is 75.3 Å². The summed E-state index contributed by atoms with van der Waals surface area (Å²) in [6.07, 6.45) is 3.12. The molecule has 0 radical (unpaired) electrons. The highest BCUT2D eigenvalue weighted by molar-refractivity contribution is 5.08. The largest absolute Gasteiger partial charge is 0.468 e. The first kappa shape index (κ1) is 8.40. The zero-order valence-corrected chi connectivity index (χ0v) is 7.01. The fourth-order valence-electron chi connectivity index (χ4n) is 0.972. The van der Waals surface area contributed by atoms with Gasteiger partial charge in [-0.3, -0.25) is 4.98 Å². The molecule has 5 nitrogen and oxygen atoms in total. The van der Waals surface area contributed by atoms with Crippen molar-refractivity contribution in [2.45, 2.75) is 12.7 Å². The van der Waals surface area contributed by atoms with Gasteiger partial charge in [0.15, 0.2) is 0 Å². The van der Waals surface area contributed by atoms with E-state index >= 15 is 0 Å². The molecule has 0 aliphatic carbocycles.